The van der Waals surface area contributed by atoms with E-state index in [1.165, 1.54) is 77.1 Å². The summed E-state index contributed by atoms with van der Waals surface area (Å²) in [5.41, 5.74) is 2.74. The van der Waals surface area contributed by atoms with Crippen LogP contribution in [0, 0.1) is 0 Å². The molecule has 0 spiro atoms. The van der Waals surface area contributed by atoms with Crippen molar-refractivity contribution < 1.29 is 0 Å². The normalized spacial score (nSPS) is 20.5. The molecule has 4 aliphatic heterocycles. The molecule has 0 fully saturated rings. The minimum Gasteiger partial charge on any atom is -0.135 e. The van der Waals surface area contributed by atoms with Crippen LogP contribution in [0.1, 0.15) is 65.1 Å². The van der Waals surface area contributed by atoms with Gasteiger partial charge in [-0.1, -0.05) is 94.1 Å². The van der Waals surface area contributed by atoms with Crippen LogP contribution in [0.4, 0.5) is 0 Å². The SMILES string of the molecule is CC1=C(C)SC(=CC(=C2SC(C)=C(C)S2)c2ccc(C(C=C3SC(C)=C(C)S3)=C3SC(C)=C(C)S3)s2)S1. The van der Waals surface area contributed by atoms with Crippen molar-refractivity contribution in [2.75, 3.05) is 0 Å². The molecular formula is C28H28S9. The molecule has 0 nitrogen and oxygen atoms in total. The first kappa shape index (κ1) is 28.9. The van der Waals surface area contributed by atoms with Crippen LogP contribution in [0.2, 0.25) is 0 Å². The maximum absolute atomic E-state index is 2.44. The van der Waals surface area contributed by atoms with Gasteiger partial charge in [0.2, 0.25) is 0 Å². The Kier molecular flexibility index (Phi) is 9.47. The molecule has 1 aromatic rings. The Labute approximate surface area is 259 Å². The van der Waals surface area contributed by atoms with E-state index < -0.39 is 0 Å². The zero-order valence-electron chi connectivity index (χ0n) is 22.0. The van der Waals surface area contributed by atoms with Crippen molar-refractivity contribution in [3.63, 3.8) is 0 Å². The highest BCUT2D eigenvalue weighted by Gasteiger charge is 2.25. The summed E-state index contributed by atoms with van der Waals surface area (Å²) in [4.78, 5) is 14.1. The Hall–Kier alpha value is 0.420. The Morgan fingerprint density at radius 1 is 0.432 bits per heavy atom. The predicted molar refractivity (Wildman–Crippen MR) is 189 cm³/mol. The lowest BCUT2D eigenvalue weighted by Gasteiger charge is -2.08. The monoisotopic (exact) mass is 652 g/mol. The first-order valence-electron chi connectivity index (χ1n) is 11.7. The topological polar surface area (TPSA) is 0 Å². The van der Waals surface area contributed by atoms with E-state index in [-0.39, 0.29) is 0 Å². The number of rotatable bonds is 4. The van der Waals surface area contributed by atoms with Gasteiger partial charge in [0.05, 0.1) is 8.47 Å². The largest absolute Gasteiger partial charge is 0.135 e. The van der Waals surface area contributed by atoms with Gasteiger partial charge in [0.15, 0.2) is 0 Å². The second kappa shape index (κ2) is 12.1. The van der Waals surface area contributed by atoms with Crippen LogP contribution in [0.25, 0.3) is 11.1 Å². The molecule has 0 saturated carbocycles. The quantitative estimate of drug-likeness (QED) is 0.311. The maximum atomic E-state index is 2.44. The molecule has 5 heterocycles. The van der Waals surface area contributed by atoms with Crippen molar-refractivity contribution >= 4 is 117 Å². The molecule has 5 rings (SSSR count). The van der Waals surface area contributed by atoms with Gasteiger partial charge in [0.1, 0.15) is 0 Å². The lowest BCUT2D eigenvalue weighted by molar-refractivity contribution is 1.57. The third-order valence-corrected chi connectivity index (χ3v) is 17.5. The molecule has 0 bridgehead atoms. The summed E-state index contributed by atoms with van der Waals surface area (Å²) >= 11 is 17.3. The van der Waals surface area contributed by atoms with Gasteiger partial charge in [-0.15, -0.1) is 11.3 Å². The minimum atomic E-state index is 1.35. The fraction of sp³-hybridized carbons (Fsp3) is 0.286. The molecule has 0 aromatic carbocycles. The molecule has 4 aliphatic rings. The summed E-state index contributed by atoms with van der Waals surface area (Å²) in [7, 11) is 0. The zero-order valence-corrected chi connectivity index (χ0v) is 29.3. The van der Waals surface area contributed by atoms with Gasteiger partial charge in [-0.2, -0.15) is 0 Å². The van der Waals surface area contributed by atoms with Crippen LogP contribution in [-0.2, 0) is 0 Å². The molecule has 0 aliphatic carbocycles. The van der Waals surface area contributed by atoms with E-state index in [9.17, 15) is 0 Å². The fourth-order valence-corrected chi connectivity index (χ4v) is 14.7. The summed E-state index contributed by atoms with van der Waals surface area (Å²) in [6.45, 7) is 17.9. The van der Waals surface area contributed by atoms with Crippen molar-refractivity contribution in [2.45, 2.75) is 55.4 Å². The predicted octanol–water partition coefficient (Wildman–Crippen LogP) is 13.7. The minimum absolute atomic E-state index is 1.35. The molecule has 0 saturated heterocycles. The van der Waals surface area contributed by atoms with Crippen LogP contribution < -0.4 is 0 Å². The summed E-state index contributed by atoms with van der Waals surface area (Å²) in [5.74, 6) is 0. The molecular weight excluding hydrogens is 625 g/mol. The van der Waals surface area contributed by atoms with Gasteiger partial charge in [-0.3, -0.25) is 0 Å². The third kappa shape index (κ3) is 6.51. The number of thiophene rings is 1. The van der Waals surface area contributed by atoms with Gasteiger partial charge in [-0.25, -0.2) is 0 Å². The van der Waals surface area contributed by atoms with Crippen molar-refractivity contribution in [1.29, 1.82) is 0 Å². The Bertz CT molecular complexity index is 1260. The van der Waals surface area contributed by atoms with Crippen molar-refractivity contribution in [3.05, 3.63) is 90.2 Å². The Morgan fingerprint density at radius 3 is 1.00 bits per heavy atom. The number of hydrogen-bond donors (Lipinski definition) is 0. The van der Waals surface area contributed by atoms with Crippen LogP contribution >= 0.6 is 105 Å². The van der Waals surface area contributed by atoms with Gasteiger partial charge >= 0.3 is 0 Å². The van der Waals surface area contributed by atoms with E-state index in [0.29, 0.717) is 0 Å². The summed E-state index contributed by atoms with van der Waals surface area (Å²) < 4.78 is 5.57. The fourth-order valence-electron chi connectivity index (χ4n) is 3.48. The summed E-state index contributed by atoms with van der Waals surface area (Å²) in [5, 5.41) is 0. The molecule has 0 N–H and O–H groups in total. The third-order valence-electron chi connectivity index (χ3n) is 6.08. The molecule has 1 aromatic heterocycles. The average molecular weight is 653 g/mol. The second-order valence-electron chi connectivity index (χ2n) is 8.76. The highest BCUT2D eigenvalue weighted by molar-refractivity contribution is 8.30. The van der Waals surface area contributed by atoms with E-state index >= 15 is 0 Å². The Balaban J connectivity index is 1.55. The number of thioether (sulfide) groups is 8. The van der Waals surface area contributed by atoms with Crippen LogP contribution in [0.5, 0.6) is 0 Å². The van der Waals surface area contributed by atoms with Gasteiger partial charge in [-0.05, 0) is 119 Å². The average Bonchev–Trinajstić information content (AvgIpc) is 3.64. The lowest BCUT2D eigenvalue weighted by atomic mass is 10.2. The van der Waals surface area contributed by atoms with E-state index in [1.54, 1.807) is 0 Å². The molecule has 0 radical (unpaired) electrons. The van der Waals surface area contributed by atoms with Crippen molar-refractivity contribution in [3.8, 4) is 0 Å². The smallest absolute Gasteiger partial charge is 0.0579 e. The van der Waals surface area contributed by atoms with E-state index in [2.05, 4.69) is 79.7 Å². The Morgan fingerprint density at radius 2 is 0.703 bits per heavy atom. The summed E-state index contributed by atoms with van der Waals surface area (Å²) in [6.07, 6.45) is 4.87. The maximum Gasteiger partial charge on any atom is 0.0579 e. The van der Waals surface area contributed by atoms with Gasteiger partial charge in [0, 0.05) is 29.4 Å². The second-order valence-corrected chi connectivity index (χ2v) is 20.8. The van der Waals surface area contributed by atoms with Crippen LogP contribution in [-0.4, -0.2) is 0 Å². The van der Waals surface area contributed by atoms with Crippen molar-refractivity contribution in [2.24, 2.45) is 0 Å². The van der Waals surface area contributed by atoms with E-state index in [4.69, 9.17) is 0 Å². The van der Waals surface area contributed by atoms with E-state index in [0.717, 1.165) is 0 Å². The molecule has 0 atom stereocenters. The highest BCUT2D eigenvalue weighted by atomic mass is 32.2. The molecule has 194 valence electrons. The molecule has 0 amide bonds. The van der Waals surface area contributed by atoms with Gasteiger partial charge < -0.3 is 0 Å². The van der Waals surface area contributed by atoms with Crippen molar-refractivity contribution in [1.82, 2.24) is 0 Å². The van der Waals surface area contributed by atoms with Crippen LogP contribution in [0.3, 0.4) is 0 Å². The lowest BCUT2D eigenvalue weighted by Crippen LogP contribution is -1.81. The summed E-state index contributed by atoms with van der Waals surface area (Å²) in [6, 6.07) is 4.70. The van der Waals surface area contributed by atoms with Crippen LogP contribution in [0.15, 0.2) is 80.5 Å². The molecule has 37 heavy (non-hydrogen) atoms. The first-order chi connectivity index (χ1) is 17.6. The zero-order chi connectivity index (χ0) is 26.4. The number of hydrogen-bond acceptors (Lipinski definition) is 9. The van der Waals surface area contributed by atoms with E-state index in [1.807, 2.05) is 105 Å². The van der Waals surface area contributed by atoms with Gasteiger partial charge in [0.25, 0.3) is 0 Å². The molecule has 0 unspecified atom stereocenters. The number of allylic oxidation sites excluding steroid dienone is 12. The highest BCUT2D eigenvalue weighted by Crippen LogP contribution is 2.57. The first-order valence-corrected chi connectivity index (χ1v) is 19.1. The molecule has 9 heteroatoms. The standard InChI is InChI=1S/C28H28S9/c1-13-14(2)30-25(29-13)11-21(27-33-17(5)18(6)34-27)23-9-10-24(37-23)22(28-35-19(7)20(8)36-28)12-26-31-15(3)16(4)32-26/h9-12H,1-8H3.